The van der Waals surface area contributed by atoms with Crippen LogP contribution in [0.15, 0.2) is 85.1 Å². The van der Waals surface area contributed by atoms with Crippen molar-refractivity contribution in [2.24, 2.45) is 5.92 Å². The highest BCUT2D eigenvalue weighted by molar-refractivity contribution is 6.72. The molecule has 3 aliphatic rings. The third-order valence-corrected chi connectivity index (χ3v) is 13.0. The van der Waals surface area contributed by atoms with Crippen molar-refractivity contribution >= 4 is 37.6 Å². The Labute approximate surface area is 297 Å². The number of β-lactam (4-membered cyclic amide) rings is 1. The molecule has 13 heteroatoms. The van der Waals surface area contributed by atoms with Gasteiger partial charge in [-0.15, -0.1) is 5.10 Å². The first-order valence-electron chi connectivity index (χ1n) is 17.3. The van der Waals surface area contributed by atoms with E-state index in [0.29, 0.717) is 24.3 Å². The van der Waals surface area contributed by atoms with Gasteiger partial charge >= 0.3 is 5.97 Å². The van der Waals surface area contributed by atoms with Crippen LogP contribution in [0.3, 0.4) is 0 Å². The molecule has 2 amide bonds. The van der Waals surface area contributed by atoms with Gasteiger partial charge in [-0.2, -0.15) is 0 Å². The first kappa shape index (κ1) is 34.7. The van der Waals surface area contributed by atoms with E-state index in [1.165, 1.54) is 11.8 Å². The fraction of sp³-hybridized carbons (Fsp3) is 0.395. The summed E-state index contributed by atoms with van der Waals surface area (Å²) in [5, 5.41) is 18.8. The normalized spacial score (nSPS) is 24.9. The minimum Gasteiger partial charge on any atom is -0.441 e. The molecule has 11 nitrogen and oxygen atoms in total. The number of aryl methyl sites for hydroxylation is 1. The molecule has 4 heterocycles. The molecule has 2 unspecified atom stereocenters. The molecule has 0 aliphatic carbocycles. The maximum Gasteiger partial charge on any atom is 0.304 e. The van der Waals surface area contributed by atoms with Crippen molar-refractivity contribution in [2.75, 3.05) is 16.4 Å². The number of halogens is 1. The van der Waals surface area contributed by atoms with Crippen LogP contribution in [0.25, 0.3) is 0 Å². The number of ether oxygens (including phenoxy) is 2. The number of anilines is 2. The molecule has 2 fully saturated rings. The average Bonchev–Trinajstić information content (AvgIpc) is 3.75. The molecule has 2 saturated heterocycles. The monoisotopic (exact) mass is 711 g/mol. The molecule has 1 N–H and O–H groups in total. The average molecular weight is 712 g/mol. The predicted octanol–water partition coefficient (Wildman–Crippen LogP) is 5.44. The molecule has 4 aromatic rings. The SMILES string of the molecule is CC(=O)OC1CC(=O)N1c1ccc(CN2C(=O)[C@@]3(O[C@@H](CCn4cc(C(CO)c5ccccc5)nn4)[C@H]([Si](C)(C)F)[C@H]3C)c3ccccc32)cc1. The van der Waals surface area contributed by atoms with E-state index in [1.807, 2.05) is 79.9 Å². The van der Waals surface area contributed by atoms with Crippen LogP contribution in [0.2, 0.25) is 18.6 Å². The smallest absolute Gasteiger partial charge is 0.304 e. The Bertz CT molecular complexity index is 1930. The maximum absolute atomic E-state index is 16.3. The standard InChI is InChI=1S/C38H42FN5O6Si/c1-24-36(51(3,4)39)33(18-19-42-22-31(40-41-42)29(23-45)27-10-6-5-7-11-27)50-38(24)30-12-8-9-13-32(30)43(37(38)48)21-26-14-16-28(17-15-26)44-34(47)20-35(44)49-25(2)46/h5-17,22,24,29,33,35-36,45H,18-21,23H2,1-4H3/t24-,29?,33+,35?,36-,38+/m1/s1. The van der Waals surface area contributed by atoms with Crippen molar-refractivity contribution in [3.05, 3.63) is 107 Å². The van der Waals surface area contributed by atoms with Crippen LogP contribution in [0.4, 0.5) is 15.5 Å². The number of amides is 2. The Morgan fingerprint density at radius 2 is 1.78 bits per heavy atom. The lowest BCUT2D eigenvalue weighted by molar-refractivity contribution is -0.154. The predicted molar refractivity (Wildman–Crippen MR) is 190 cm³/mol. The molecule has 1 spiro atoms. The lowest BCUT2D eigenvalue weighted by Crippen LogP contribution is -2.54. The first-order valence-corrected chi connectivity index (χ1v) is 20.3. The number of aliphatic hydroxyl groups is 1. The van der Waals surface area contributed by atoms with Gasteiger partial charge in [0.1, 0.15) is 0 Å². The highest BCUT2D eigenvalue weighted by Gasteiger charge is 2.66. The third kappa shape index (κ3) is 6.17. The molecule has 0 bridgehead atoms. The van der Waals surface area contributed by atoms with Crippen LogP contribution in [0.5, 0.6) is 0 Å². The molecule has 7 rings (SSSR count). The highest BCUT2D eigenvalue weighted by atomic mass is 28.4. The number of benzene rings is 3. The number of fused-ring (bicyclic) bond motifs is 2. The summed E-state index contributed by atoms with van der Waals surface area (Å²) in [5.74, 6) is -1.57. The van der Waals surface area contributed by atoms with Crippen LogP contribution in [0, 0.1) is 5.92 Å². The summed E-state index contributed by atoms with van der Waals surface area (Å²) < 4.78 is 30.2. The van der Waals surface area contributed by atoms with E-state index in [2.05, 4.69) is 10.3 Å². The minimum atomic E-state index is -3.37. The lowest BCUT2D eigenvalue weighted by Gasteiger charge is -2.39. The molecule has 3 aliphatic heterocycles. The summed E-state index contributed by atoms with van der Waals surface area (Å²) in [4.78, 5) is 41.6. The summed E-state index contributed by atoms with van der Waals surface area (Å²) in [6, 6.07) is 24.5. The second-order valence-corrected chi connectivity index (χ2v) is 18.0. The van der Waals surface area contributed by atoms with Crippen molar-refractivity contribution < 1.29 is 33.1 Å². The number of para-hydroxylation sites is 1. The Hall–Kier alpha value is -4.72. The third-order valence-electron chi connectivity index (χ3n) is 10.6. The number of aromatic nitrogens is 3. The molecule has 266 valence electrons. The van der Waals surface area contributed by atoms with Gasteiger partial charge in [0.25, 0.3) is 5.91 Å². The topological polar surface area (TPSA) is 127 Å². The van der Waals surface area contributed by atoms with E-state index in [0.717, 1.165) is 22.4 Å². The van der Waals surface area contributed by atoms with Gasteiger partial charge < -0.3 is 23.6 Å². The van der Waals surface area contributed by atoms with Crippen LogP contribution >= 0.6 is 0 Å². The largest absolute Gasteiger partial charge is 0.441 e. The fourth-order valence-corrected chi connectivity index (χ4v) is 10.8. The van der Waals surface area contributed by atoms with Crippen molar-refractivity contribution in [2.45, 2.75) is 82.3 Å². The Morgan fingerprint density at radius 3 is 2.45 bits per heavy atom. The lowest BCUT2D eigenvalue weighted by atomic mass is 9.82. The van der Waals surface area contributed by atoms with Crippen molar-refractivity contribution in [1.29, 1.82) is 0 Å². The quantitative estimate of drug-likeness (QED) is 0.0944. The number of aliphatic hydroxyl groups excluding tert-OH is 1. The molecule has 0 saturated carbocycles. The van der Waals surface area contributed by atoms with Gasteiger partial charge in [0.15, 0.2) is 11.8 Å². The van der Waals surface area contributed by atoms with E-state index in [4.69, 9.17) is 9.47 Å². The zero-order chi connectivity index (χ0) is 36.1. The van der Waals surface area contributed by atoms with Gasteiger partial charge in [-0.05, 0) is 48.8 Å². The van der Waals surface area contributed by atoms with Crippen LogP contribution in [-0.4, -0.2) is 65.2 Å². The summed E-state index contributed by atoms with van der Waals surface area (Å²) in [6.45, 7) is 7.15. The van der Waals surface area contributed by atoms with E-state index in [-0.39, 0.29) is 37.3 Å². The van der Waals surface area contributed by atoms with Crippen molar-refractivity contribution in [3.8, 4) is 0 Å². The molecule has 3 aromatic carbocycles. The highest BCUT2D eigenvalue weighted by Crippen LogP contribution is 2.60. The maximum atomic E-state index is 16.3. The van der Waals surface area contributed by atoms with Crippen molar-refractivity contribution in [1.82, 2.24) is 15.0 Å². The molecule has 51 heavy (non-hydrogen) atoms. The Kier molecular flexibility index (Phi) is 9.15. The molecule has 1 aromatic heterocycles. The van der Waals surface area contributed by atoms with Gasteiger partial charge in [0.2, 0.25) is 14.3 Å². The molecule has 0 radical (unpaired) electrons. The number of hydrogen-bond acceptors (Lipinski definition) is 8. The minimum absolute atomic E-state index is 0.116. The van der Waals surface area contributed by atoms with Crippen molar-refractivity contribution in [3.63, 3.8) is 0 Å². The number of rotatable bonds is 11. The number of hydrogen-bond donors (Lipinski definition) is 1. The first-order chi connectivity index (χ1) is 24.4. The Morgan fingerprint density at radius 1 is 1.08 bits per heavy atom. The fourth-order valence-electron chi connectivity index (χ4n) is 8.25. The van der Waals surface area contributed by atoms with Gasteiger partial charge in [0, 0.05) is 42.4 Å². The van der Waals surface area contributed by atoms with Crippen LogP contribution < -0.4 is 9.80 Å². The summed E-state index contributed by atoms with van der Waals surface area (Å²) >= 11 is 0. The summed E-state index contributed by atoms with van der Waals surface area (Å²) in [7, 11) is -3.37. The zero-order valence-electron chi connectivity index (χ0n) is 29.1. The molecular formula is C38H42FN5O6Si. The molecular weight excluding hydrogens is 670 g/mol. The number of nitrogens with zero attached hydrogens (tertiary/aromatic N) is 5. The van der Waals surface area contributed by atoms with Crippen LogP contribution in [0.1, 0.15) is 55.0 Å². The number of esters is 1. The second-order valence-electron chi connectivity index (χ2n) is 14.2. The van der Waals surface area contributed by atoms with Gasteiger partial charge in [-0.1, -0.05) is 72.8 Å². The summed E-state index contributed by atoms with van der Waals surface area (Å²) in [6.07, 6.45) is 1.20. The molecule has 6 atom stereocenters. The van der Waals surface area contributed by atoms with Gasteiger partial charge in [0.05, 0.1) is 43.0 Å². The summed E-state index contributed by atoms with van der Waals surface area (Å²) in [5.41, 5.74) is 2.64. The number of carbonyl (C=O) groups excluding carboxylic acids is 3. The Balaban J connectivity index is 1.12. The zero-order valence-corrected chi connectivity index (χ0v) is 30.1. The van der Waals surface area contributed by atoms with E-state index in [1.54, 1.807) is 34.8 Å². The second kappa shape index (κ2) is 13.4. The van der Waals surface area contributed by atoms with Crippen LogP contribution in [-0.2, 0) is 42.5 Å². The number of carbonyl (C=O) groups is 3. The van der Waals surface area contributed by atoms with Gasteiger partial charge in [-0.25, -0.2) is 0 Å². The van der Waals surface area contributed by atoms with E-state index < -0.39 is 43.8 Å². The van der Waals surface area contributed by atoms with E-state index >= 15 is 4.11 Å². The van der Waals surface area contributed by atoms with Gasteiger partial charge in [-0.3, -0.25) is 24.0 Å². The van der Waals surface area contributed by atoms with E-state index in [9.17, 15) is 19.5 Å².